The van der Waals surface area contributed by atoms with E-state index in [0.29, 0.717) is 25.4 Å². The lowest BCUT2D eigenvalue weighted by molar-refractivity contribution is -0.121. The van der Waals surface area contributed by atoms with Crippen molar-refractivity contribution in [1.82, 2.24) is 15.5 Å². The second kappa shape index (κ2) is 9.22. The van der Waals surface area contributed by atoms with Crippen LogP contribution in [0.25, 0.3) is 0 Å². The second-order valence-electron chi connectivity index (χ2n) is 6.09. The summed E-state index contributed by atoms with van der Waals surface area (Å²) in [6.07, 6.45) is -0.168. The predicted octanol–water partition coefficient (Wildman–Crippen LogP) is 1.30. The van der Waals surface area contributed by atoms with Crippen LogP contribution < -0.4 is 15.4 Å². The minimum atomic E-state index is -1.12. The number of nitrogens with zero attached hydrogens (tertiary/aromatic N) is 1. The Balaban J connectivity index is 1.78. The normalized spacial score (nSPS) is 18.6. The van der Waals surface area contributed by atoms with Gasteiger partial charge in [-0.3, -0.25) is 9.69 Å². The minimum Gasteiger partial charge on any atom is -0.492 e. The maximum atomic E-state index is 12.8. The van der Waals surface area contributed by atoms with E-state index in [-0.39, 0.29) is 24.1 Å². The minimum absolute atomic E-state index is 0.0826. The third-order valence-electron chi connectivity index (χ3n) is 4.36. The molecule has 1 aliphatic rings. The Morgan fingerprint density at radius 1 is 1.40 bits per heavy atom. The third-order valence-corrected chi connectivity index (χ3v) is 4.36. The number of carbonyl (C=O) groups excluding carboxylic acids is 1. The molecular weight excluding hydrogens is 329 g/mol. The molecule has 0 aliphatic carbocycles. The molecule has 0 bridgehead atoms. The Bertz CT molecular complexity index is 582. The predicted molar refractivity (Wildman–Crippen MR) is 90.1 cm³/mol. The zero-order chi connectivity index (χ0) is 18.2. The number of nitrogens with one attached hydrogen (secondary N) is 2. The Kier molecular flexibility index (Phi) is 7.00. The van der Waals surface area contributed by atoms with Crippen LogP contribution in [0, 0.1) is 11.7 Å². The number of carbonyl (C=O) groups is 2. The smallest absolute Gasteiger partial charge is 0.404 e. The number of benzene rings is 1. The van der Waals surface area contributed by atoms with Crippen LogP contribution in [0.1, 0.15) is 12.8 Å². The molecule has 1 heterocycles. The van der Waals surface area contributed by atoms with Crippen molar-refractivity contribution in [2.45, 2.75) is 18.9 Å². The first-order chi connectivity index (χ1) is 12.0. The quantitative estimate of drug-likeness (QED) is 0.655. The lowest BCUT2D eigenvalue weighted by Gasteiger charge is -2.23. The zero-order valence-corrected chi connectivity index (χ0v) is 14.2. The van der Waals surface area contributed by atoms with Gasteiger partial charge in [-0.15, -0.1) is 0 Å². The van der Waals surface area contributed by atoms with Crippen molar-refractivity contribution in [2.24, 2.45) is 5.92 Å². The SMILES string of the molecule is CNC(=O)CC(NC(=O)O)C1CCN(CCOc2ccc(F)cc2)C1. The van der Waals surface area contributed by atoms with E-state index < -0.39 is 12.1 Å². The highest BCUT2D eigenvalue weighted by molar-refractivity contribution is 5.77. The largest absolute Gasteiger partial charge is 0.492 e. The fourth-order valence-corrected chi connectivity index (χ4v) is 3.01. The molecule has 1 fully saturated rings. The van der Waals surface area contributed by atoms with E-state index in [2.05, 4.69) is 15.5 Å². The van der Waals surface area contributed by atoms with Crippen molar-refractivity contribution < 1.29 is 23.8 Å². The highest BCUT2D eigenvalue weighted by atomic mass is 19.1. The summed E-state index contributed by atoms with van der Waals surface area (Å²) in [6.45, 7) is 2.68. The number of hydrogen-bond donors (Lipinski definition) is 3. The maximum absolute atomic E-state index is 12.8. The Labute approximate surface area is 146 Å². The molecule has 1 aromatic rings. The van der Waals surface area contributed by atoms with Crippen molar-refractivity contribution in [2.75, 3.05) is 33.3 Å². The maximum Gasteiger partial charge on any atom is 0.404 e. The molecule has 1 aliphatic heterocycles. The molecule has 2 rings (SSSR count). The molecular formula is C17H24FN3O4. The van der Waals surface area contributed by atoms with E-state index in [9.17, 15) is 14.0 Å². The van der Waals surface area contributed by atoms with Crippen LogP contribution in [-0.4, -0.2) is 61.3 Å². The van der Waals surface area contributed by atoms with E-state index in [4.69, 9.17) is 9.84 Å². The van der Waals surface area contributed by atoms with Gasteiger partial charge in [0.2, 0.25) is 5.91 Å². The standard InChI is InChI=1S/C17H24FN3O4/c1-19-16(22)10-15(20-17(23)24)12-6-7-21(11-12)8-9-25-14-4-2-13(18)3-5-14/h2-5,12,15,20H,6-11H2,1H3,(H,19,22)(H,23,24). The van der Waals surface area contributed by atoms with E-state index >= 15 is 0 Å². The Morgan fingerprint density at radius 2 is 2.12 bits per heavy atom. The number of hydrogen-bond acceptors (Lipinski definition) is 4. The van der Waals surface area contributed by atoms with Gasteiger partial charge in [0.1, 0.15) is 18.2 Å². The first-order valence-electron chi connectivity index (χ1n) is 8.28. The van der Waals surface area contributed by atoms with Gasteiger partial charge in [-0.2, -0.15) is 0 Å². The van der Waals surface area contributed by atoms with E-state index in [1.165, 1.54) is 19.2 Å². The molecule has 0 aromatic heterocycles. The first kappa shape index (κ1) is 19.0. The number of rotatable bonds is 8. The molecule has 3 N–H and O–H groups in total. The summed E-state index contributed by atoms with van der Waals surface area (Å²) in [5.74, 6) is 0.209. The van der Waals surface area contributed by atoms with Crippen molar-refractivity contribution in [3.05, 3.63) is 30.1 Å². The van der Waals surface area contributed by atoms with Gasteiger partial charge in [0.15, 0.2) is 0 Å². The molecule has 8 heteroatoms. The lowest BCUT2D eigenvalue weighted by Crippen LogP contribution is -2.43. The molecule has 1 saturated heterocycles. The summed E-state index contributed by atoms with van der Waals surface area (Å²) in [6, 6.07) is 5.46. The highest BCUT2D eigenvalue weighted by Gasteiger charge is 2.31. The van der Waals surface area contributed by atoms with Crippen molar-refractivity contribution in [3.63, 3.8) is 0 Å². The summed E-state index contributed by atoms with van der Waals surface area (Å²) in [4.78, 5) is 24.7. The number of ether oxygens (including phenoxy) is 1. The summed E-state index contributed by atoms with van der Waals surface area (Å²) in [7, 11) is 1.54. The lowest BCUT2D eigenvalue weighted by atomic mass is 9.96. The van der Waals surface area contributed by atoms with Gasteiger partial charge in [-0.1, -0.05) is 0 Å². The van der Waals surface area contributed by atoms with Gasteiger partial charge >= 0.3 is 6.09 Å². The molecule has 2 atom stereocenters. The molecule has 2 unspecified atom stereocenters. The molecule has 25 heavy (non-hydrogen) atoms. The van der Waals surface area contributed by atoms with Crippen molar-refractivity contribution in [3.8, 4) is 5.75 Å². The third kappa shape index (κ3) is 6.22. The molecule has 7 nitrogen and oxygen atoms in total. The molecule has 1 aromatic carbocycles. The van der Waals surface area contributed by atoms with E-state index in [0.717, 1.165) is 13.0 Å². The van der Waals surface area contributed by atoms with Gasteiger partial charge in [0.05, 0.1) is 0 Å². The fraction of sp³-hybridized carbons (Fsp3) is 0.529. The van der Waals surface area contributed by atoms with Gasteiger partial charge < -0.3 is 20.5 Å². The first-order valence-corrected chi connectivity index (χ1v) is 8.28. The number of amides is 2. The Hall–Kier alpha value is -2.35. The summed E-state index contributed by atoms with van der Waals surface area (Å²) in [5, 5.41) is 14.0. The van der Waals surface area contributed by atoms with Gasteiger partial charge in [-0.05, 0) is 43.1 Å². The van der Waals surface area contributed by atoms with Crippen molar-refractivity contribution in [1.29, 1.82) is 0 Å². The average Bonchev–Trinajstić information content (AvgIpc) is 3.04. The number of carboxylic acid groups (broad SMARTS) is 1. The molecule has 0 radical (unpaired) electrons. The van der Waals surface area contributed by atoms with Gasteiger partial charge in [0, 0.05) is 32.6 Å². The van der Waals surface area contributed by atoms with Crippen LogP contribution in [0.5, 0.6) is 5.75 Å². The van der Waals surface area contributed by atoms with Crippen LogP contribution in [0.15, 0.2) is 24.3 Å². The monoisotopic (exact) mass is 353 g/mol. The van der Waals surface area contributed by atoms with Crippen LogP contribution in [0.2, 0.25) is 0 Å². The summed E-state index contributed by atoms with van der Waals surface area (Å²) in [5.41, 5.74) is 0. The van der Waals surface area contributed by atoms with Crippen molar-refractivity contribution >= 4 is 12.0 Å². The van der Waals surface area contributed by atoms with Crippen LogP contribution in [0.4, 0.5) is 9.18 Å². The van der Waals surface area contributed by atoms with Crippen LogP contribution >= 0.6 is 0 Å². The number of likely N-dealkylation sites (tertiary alicyclic amines) is 1. The molecule has 2 amide bonds. The Morgan fingerprint density at radius 3 is 2.76 bits per heavy atom. The zero-order valence-electron chi connectivity index (χ0n) is 14.2. The average molecular weight is 353 g/mol. The molecule has 138 valence electrons. The van der Waals surface area contributed by atoms with Gasteiger partial charge in [0.25, 0.3) is 0 Å². The highest BCUT2D eigenvalue weighted by Crippen LogP contribution is 2.22. The van der Waals surface area contributed by atoms with E-state index in [1.807, 2.05) is 0 Å². The molecule has 0 spiro atoms. The van der Waals surface area contributed by atoms with E-state index in [1.54, 1.807) is 12.1 Å². The second-order valence-corrected chi connectivity index (χ2v) is 6.09. The fourth-order valence-electron chi connectivity index (χ4n) is 3.01. The number of halogens is 1. The van der Waals surface area contributed by atoms with Gasteiger partial charge in [-0.25, -0.2) is 9.18 Å². The molecule has 0 saturated carbocycles. The van der Waals surface area contributed by atoms with Crippen LogP contribution in [-0.2, 0) is 4.79 Å². The summed E-state index contributed by atoms with van der Waals surface area (Å²) < 4.78 is 18.4. The summed E-state index contributed by atoms with van der Waals surface area (Å²) >= 11 is 0. The van der Waals surface area contributed by atoms with Crippen LogP contribution in [0.3, 0.4) is 0 Å². The topological polar surface area (TPSA) is 90.9 Å².